The predicted molar refractivity (Wildman–Crippen MR) is 59.1 cm³/mol. The van der Waals surface area contributed by atoms with Crippen LogP contribution in [0.5, 0.6) is 0 Å². The van der Waals surface area contributed by atoms with Gasteiger partial charge in [0.15, 0.2) is 18.9 Å². The van der Waals surface area contributed by atoms with Crippen molar-refractivity contribution in [2.75, 3.05) is 0 Å². The van der Waals surface area contributed by atoms with E-state index in [9.17, 15) is 0 Å². The second-order valence-corrected chi connectivity index (χ2v) is 5.25. The van der Waals surface area contributed by atoms with Crippen molar-refractivity contribution in [3.05, 3.63) is 0 Å². The summed E-state index contributed by atoms with van der Waals surface area (Å²) in [6.07, 6.45) is -0.421. The Kier molecular flexibility index (Phi) is 4.56. The molecule has 1 aliphatic heterocycles. The standard InChI is InChI=1S/C12H24O3/c1-7(2)10-13-11(8(3)4)15-12(14-10)9(5)6/h7-12H,1-6H3. The first kappa shape index (κ1) is 12.9. The van der Waals surface area contributed by atoms with E-state index in [1.165, 1.54) is 0 Å². The summed E-state index contributed by atoms with van der Waals surface area (Å²) in [4.78, 5) is 0. The molecule has 90 valence electrons. The summed E-state index contributed by atoms with van der Waals surface area (Å²) >= 11 is 0. The maximum Gasteiger partial charge on any atom is 0.166 e. The molecule has 1 fully saturated rings. The van der Waals surface area contributed by atoms with Crippen molar-refractivity contribution in [1.82, 2.24) is 0 Å². The van der Waals surface area contributed by atoms with E-state index in [0.29, 0.717) is 17.8 Å². The van der Waals surface area contributed by atoms with Gasteiger partial charge in [-0.15, -0.1) is 0 Å². The SMILES string of the molecule is CC(C)C1O[C@H](C(C)C)O[C@@H](C(C)C)O1. The summed E-state index contributed by atoms with van der Waals surface area (Å²) in [5.41, 5.74) is 0. The van der Waals surface area contributed by atoms with Crippen molar-refractivity contribution in [3.63, 3.8) is 0 Å². The van der Waals surface area contributed by atoms with Crippen LogP contribution < -0.4 is 0 Å². The second kappa shape index (κ2) is 5.28. The lowest BCUT2D eigenvalue weighted by Gasteiger charge is -2.40. The van der Waals surface area contributed by atoms with Crippen LogP contribution in [-0.4, -0.2) is 18.9 Å². The smallest absolute Gasteiger partial charge is 0.166 e. The molecule has 0 aliphatic carbocycles. The van der Waals surface area contributed by atoms with Gasteiger partial charge in [-0.05, 0) is 0 Å². The molecule has 0 amide bonds. The Bertz CT molecular complexity index is 150. The molecule has 1 rings (SSSR count). The molecule has 0 atom stereocenters. The third kappa shape index (κ3) is 3.44. The van der Waals surface area contributed by atoms with Gasteiger partial charge < -0.3 is 14.2 Å². The Morgan fingerprint density at radius 1 is 0.533 bits per heavy atom. The topological polar surface area (TPSA) is 27.7 Å². The summed E-state index contributed by atoms with van der Waals surface area (Å²) in [5, 5.41) is 0. The summed E-state index contributed by atoms with van der Waals surface area (Å²) in [6, 6.07) is 0. The molecule has 15 heavy (non-hydrogen) atoms. The van der Waals surface area contributed by atoms with E-state index in [4.69, 9.17) is 14.2 Å². The molecule has 0 saturated carbocycles. The number of rotatable bonds is 3. The highest BCUT2D eigenvalue weighted by molar-refractivity contribution is 4.65. The van der Waals surface area contributed by atoms with Crippen LogP contribution in [0.1, 0.15) is 41.5 Å². The first-order valence-corrected chi connectivity index (χ1v) is 5.88. The molecule has 0 aromatic rings. The van der Waals surface area contributed by atoms with Crippen molar-refractivity contribution in [2.24, 2.45) is 17.8 Å². The van der Waals surface area contributed by atoms with Gasteiger partial charge >= 0.3 is 0 Å². The molecule has 0 radical (unpaired) electrons. The molecule has 1 aliphatic rings. The average molecular weight is 216 g/mol. The number of hydrogen-bond donors (Lipinski definition) is 0. The lowest BCUT2D eigenvalue weighted by Crippen LogP contribution is -2.46. The molecule has 0 unspecified atom stereocenters. The van der Waals surface area contributed by atoms with Crippen LogP contribution in [0.25, 0.3) is 0 Å². The lowest BCUT2D eigenvalue weighted by molar-refractivity contribution is -0.408. The molecule has 1 saturated heterocycles. The minimum absolute atomic E-state index is 0.140. The number of hydrogen-bond acceptors (Lipinski definition) is 3. The highest BCUT2D eigenvalue weighted by Gasteiger charge is 2.35. The van der Waals surface area contributed by atoms with Crippen LogP contribution in [-0.2, 0) is 14.2 Å². The van der Waals surface area contributed by atoms with Gasteiger partial charge in [-0.3, -0.25) is 0 Å². The van der Waals surface area contributed by atoms with E-state index >= 15 is 0 Å². The van der Waals surface area contributed by atoms with Crippen molar-refractivity contribution < 1.29 is 14.2 Å². The van der Waals surface area contributed by atoms with Gasteiger partial charge in [-0.25, -0.2) is 0 Å². The zero-order valence-electron chi connectivity index (χ0n) is 10.7. The summed E-state index contributed by atoms with van der Waals surface area (Å²) in [5.74, 6) is 1.07. The van der Waals surface area contributed by atoms with Crippen LogP contribution >= 0.6 is 0 Å². The van der Waals surface area contributed by atoms with Crippen LogP contribution in [0.4, 0.5) is 0 Å². The third-order valence-corrected chi connectivity index (χ3v) is 2.44. The minimum Gasteiger partial charge on any atom is -0.323 e. The van der Waals surface area contributed by atoms with E-state index in [1.54, 1.807) is 0 Å². The minimum atomic E-state index is -0.140. The maximum atomic E-state index is 5.75. The quantitative estimate of drug-likeness (QED) is 0.726. The fourth-order valence-corrected chi connectivity index (χ4v) is 1.44. The predicted octanol–water partition coefficient (Wildman–Crippen LogP) is 3.00. The molecule has 3 heteroatoms. The van der Waals surface area contributed by atoms with Crippen LogP contribution in [0.3, 0.4) is 0 Å². The van der Waals surface area contributed by atoms with Crippen LogP contribution in [0, 0.1) is 17.8 Å². The van der Waals surface area contributed by atoms with Crippen LogP contribution in [0.15, 0.2) is 0 Å². The summed E-state index contributed by atoms with van der Waals surface area (Å²) < 4.78 is 17.2. The van der Waals surface area contributed by atoms with Gasteiger partial charge in [0.05, 0.1) is 0 Å². The highest BCUT2D eigenvalue weighted by Crippen LogP contribution is 2.27. The maximum absolute atomic E-state index is 5.75. The largest absolute Gasteiger partial charge is 0.323 e. The Hall–Kier alpha value is -0.120. The molecule has 1 heterocycles. The highest BCUT2D eigenvalue weighted by atomic mass is 16.9. The van der Waals surface area contributed by atoms with E-state index < -0.39 is 0 Å². The lowest BCUT2D eigenvalue weighted by atomic mass is 10.1. The Labute approximate surface area is 93.1 Å². The molecule has 0 bridgehead atoms. The van der Waals surface area contributed by atoms with E-state index in [2.05, 4.69) is 41.5 Å². The van der Waals surface area contributed by atoms with Crippen molar-refractivity contribution >= 4 is 0 Å². The summed E-state index contributed by atoms with van der Waals surface area (Å²) in [6.45, 7) is 12.6. The van der Waals surface area contributed by atoms with Crippen LogP contribution in [0.2, 0.25) is 0 Å². The monoisotopic (exact) mass is 216 g/mol. The third-order valence-electron chi connectivity index (χ3n) is 2.44. The normalized spacial score (nSPS) is 33.0. The van der Waals surface area contributed by atoms with Crippen molar-refractivity contribution in [2.45, 2.75) is 60.4 Å². The molecule has 0 N–H and O–H groups in total. The van der Waals surface area contributed by atoms with Gasteiger partial charge in [0.2, 0.25) is 0 Å². The van der Waals surface area contributed by atoms with E-state index in [1.807, 2.05) is 0 Å². The van der Waals surface area contributed by atoms with Gasteiger partial charge in [-0.2, -0.15) is 0 Å². The van der Waals surface area contributed by atoms with E-state index in [0.717, 1.165) is 0 Å². The van der Waals surface area contributed by atoms with E-state index in [-0.39, 0.29) is 18.9 Å². The molecular weight excluding hydrogens is 192 g/mol. The molecular formula is C12H24O3. The van der Waals surface area contributed by atoms with Gasteiger partial charge in [0.1, 0.15) is 0 Å². The van der Waals surface area contributed by atoms with Gasteiger partial charge in [-0.1, -0.05) is 41.5 Å². The molecule has 3 nitrogen and oxygen atoms in total. The first-order valence-electron chi connectivity index (χ1n) is 5.88. The Morgan fingerprint density at radius 3 is 0.867 bits per heavy atom. The Morgan fingerprint density at radius 2 is 0.733 bits per heavy atom. The fraction of sp³-hybridized carbons (Fsp3) is 1.00. The first-order chi connectivity index (χ1) is 6.91. The van der Waals surface area contributed by atoms with Crippen molar-refractivity contribution in [1.29, 1.82) is 0 Å². The molecule has 0 aromatic carbocycles. The molecule has 0 spiro atoms. The average Bonchev–Trinajstić information content (AvgIpc) is 2.16. The zero-order chi connectivity index (χ0) is 11.6. The van der Waals surface area contributed by atoms with Gasteiger partial charge in [0.25, 0.3) is 0 Å². The van der Waals surface area contributed by atoms with Gasteiger partial charge in [0, 0.05) is 17.8 Å². The number of ether oxygens (including phenoxy) is 3. The summed E-state index contributed by atoms with van der Waals surface area (Å²) in [7, 11) is 0. The zero-order valence-corrected chi connectivity index (χ0v) is 10.7. The fourth-order valence-electron chi connectivity index (χ4n) is 1.44. The Balaban J connectivity index is 2.64. The van der Waals surface area contributed by atoms with Crippen molar-refractivity contribution in [3.8, 4) is 0 Å². The second-order valence-electron chi connectivity index (χ2n) is 5.25. The molecule has 0 aromatic heterocycles.